The van der Waals surface area contributed by atoms with Gasteiger partial charge in [-0.1, -0.05) is 18.2 Å². The third-order valence-corrected chi connectivity index (χ3v) is 3.38. The molecule has 0 fully saturated rings. The highest BCUT2D eigenvalue weighted by atomic mass is 16.5. The fourth-order valence-electron chi connectivity index (χ4n) is 2.39. The molecule has 0 spiro atoms. The number of hydrogen-bond acceptors (Lipinski definition) is 6. The lowest BCUT2D eigenvalue weighted by Gasteiger charge is -2.17. The summed E-state index contributed by atoms with van der Waals surface area (Å²) in [7, 11) is 0. The number of para-hydroxylation sites is 1. The molecule has 108 valence electrons. The first-order chi connectivity index (χ1) is 10.2. The Bertz CT molecular complexity index is 688. The number of fused-ring (bicyclic) bond motifs is 1. The number of nitrogens with zero attached hydrogens (tertiary/aromatic N) is 3. The molecule has 1 aliphatic rings. The monoisotopic (exact) mass is 285 g/mol. The van der Waals surface area contributed by atoms with Gasteiger partial charge in [0.25, 0.3) is 0 Å². The Balaban J connectivity index is 1.92. The number of esters is 1. The van der Waals surface area contributed by atoms with E-state index in [1.165, 1.54) is 11.8 Å². The van der Waals surface area contributed by atoms with Crippen molar-refractivity contribution >= 4 is 17.6 Å². The van der Waals surface area contributed by atoms with E-state index >= 15 is 0 Å². The fraction of sp³-hybridized carbons (Fsp3) is 0.267. The van der Waals surface area contributed by atoms with Crippen molar-refractivity contribution in [3.8, 4) is 5.88 Å². The molecular weight excluding hydrogens is 270 g/mol. The molecule has 0 saturated carbocycles. The second-order valence-electron chi connectivity index (χ2n) is 4.66. The molecule has 1 aromatic carbocycles. The van der Waals surface area contributed by atoms with Crippen LogP contribution in [0.4, 0.5) is 11.6 Å². The van der Waals surface area contributed by atoms with Crippen LogP contribution in [0.25, 0.3) is 0 Å². The molecule has 1 N–H and O–H groups in total. The van der Waals surface area contributed by atoms with Crippen LogP contribution in [0.1, 0.15) is 22.8 Å². The van der Waals surface area contributed by atoms with E-state index < -0.39 is 5.97 Å². The van der Waals surface area contributed by atoms with E-state index in [1.54, 1.807) is 6.92 Å². The summed E-state index contributed by atoms with van der Waals surface area (Å²) in [6.45, 7) is 2.68. The highest BCUT2D eigenvalue weighted by molar-refractivity contribution is 5.91. The van der Waals surface area contributed by atoms with Crippen LogP contribution in [0.5, 0.6) is 5.88 Å². The number of benzene rings is 1. The number of rotatable bonds is 3. The Hall–Kier alpha value is -2.63. The van der Waals surface area contributed by atoms with Crippen molar-refractivity contribution in [2.75, 3.05) is 18.1 Å². The van der Waals surface area contributed by atoms with Crippen LogP contribution in [0, 0.1) is 0 Å². The molecule has 21 heavy (non-hydrogen) atoms. The predicted octanol–water partition coefficient (Wildman–Crippen LogP) is 2.05. The van der Waals surface area contributed by atoms with Crippen molar-refractivity contribution in [3.05, 3.63) is 41.6 Å². The van der Waals surface area contributed by atoms with Crippen LogP contribution in [0.2, 0.25) is 0 Å². The zero-order valence-corrected chi connectivity index (χ0v) is 11.6. The molecule has 1 aromatic heterocycles. The Morgan fingerprint density at radius 1 is 1.43 bits per heavy atom. The van der Waals surface area contributed by atoms with Gasteiger partial charge in [0.2, 0.25) is 11.8 Å². The summed E-state index contributed by atoms with van der Waals surface area (Å²) in [5.74, 6) is -0.600. The van der Waals surface area contributed by atoms with Gasteiger partial charge in [-0.05, 0) is 25.0 Å². The van der Waals surface area contributed by atoms with Crippen LogP contribution in [-0.4, -0.2) is 34.2 Å². The number of carbonyl (C=O) groups is 1. The van der Waals surface area contributed by atoms with Gasteiger partial charge in [0, 0.05) is 12.2 Å². The van der Waals surface area contributed by atoms with Crippen LogP contribution in [0.15, 0.2) is 30.5 Å². The number of hydrogen-bond donors (Lipinski definition) is 1. The molecule has 2 aromatic rings. The summed E-state index contributed by atoms with van der Waals surface area (Å²) < 4.78 is 4.84. The summed E-state index contributed by atoms with van der Waals surface area (Å²) in [4.78, 5) is 21.7. The minimum Gasteiger partial charge on any atom is -0.493 e. The van der Waals surface area contributed by atoms with Crippen molar-refractivity contribution < 1.29 is 14.6 Å². The lowest BCUT2D eigenvalue weighted by Crippen LogP contribution is -2.17. The number of aromatic nitrogens is 2. The van der Waals surface area contributed by atoms with Crippen molar-refractivity contribution in [2.24, 2.45) is 0 Å². The Morgan fingerprint density at radius 3 is 3.00 bits per heavy atom. The van der Waals surface area contributed by atoms with E-state index in [0.717, 1.165) is 18.7 Å². The molecule has 2 heterocycles. The molecule has 0 unspecified atom stereocenters. The quantitative estimate of drug-likeness (QED) is 0.870. The van der Waals surface area contributed by atoms with E-state index in [2.05, 4.69) is 16.0 Å². The smallest absolute Gasteiger partial charge is 0.345 e. The SMILES string of the molecule is CCOC(=O)c1cnc(N2CCc3ccccc32)nc1O. The lowest BCUT2D eigenvalue weighted by molar-refractivity contribution is 0.0521. The summed E-state index contributed by atoms with van der Waals surface area (Å²) in [5, 5.41) is 9.92. The van der Waals surface area contributed by atoms with Gasteiger partial charge in [-0.3, -0.25) is 0 Å². The molecular formula is C15H15N3O3. The van der Waals surface area contributed by atoms with E-state index in [0.29, 0.717) is 5.95 Å². The standard InChI is InChI=1S/C15H15N3O3/c1-2-21-14(20)11-9-16-15(17-13(11)19)18-8-7-10-5-3-4-6-12(10)18/h3-6,9H,2,7-8H2,1H3,(H,16,17,19). The topological polar surface area (TPSA) is 75.5 Å². The van der Waals surface area contributed by atoms with Gasteiger partial charge in [0.1, 0.15) is 5.56 Å². The Labute approximate surface area is 122 Å². The Morgan fingerprint density at radius 2 is 2.24 bits per heavy atom. The molecule has 0 amide bonds. The molecule has 0 bridgehead atoms. The third kappa shape index (κ3) is 2.40. The largest absolute Gasteiger partial charge is 0.493 e. The molecule has 0 aliphatic carbocycles. The van der Waals surface area contributed by atoms with Gasteiger partial charge >= 0.3 is 5.97 Å². The summed E-state index contributed by atoms with van der Waals surface area (Å²) >= 11 is 0. The van der Waals surface area contributed by atoms with Gasteiger partial charge in [-0.25, -0.2) is 9.78 Å². The van der Waals surface area contributed by atoms with Gasteiger partial charge in [0.05, 0.1) is 12.8 Å². The number of carbonyl (C=O) groups excluding carboxylic acids is 1. The number of aromatic hydroxyl groups is 1. The molecule has 1 aliphatic heterocycles. The van der Waals surface area contributed by atoms with E-state index in [4.69, 9.17) is 4.74 Å². The maximum atomic E-state index is 11.6. The number of anilines is 2. The molecule has 0 atom stereocenters. The third-order valence-electron chi connectivity index (χ3n) is 3.38. The van der Waals surface area contributed by atoms with Crippen LogP contribution < -0.4 is 4.90 Å². The van der Waals surface area contributed by atoms with Crippen LogP contribution >= 0.6 is 0 Å². The summed E-state index contributed by atoms with van der Waals surface area (Å²) in [6.07, 6.45) is 2.20. The molecule has 6 nitrogen and oxygen atoms in total. The van der Waals surface area contributed by atoms with Crippen LogP contribution in [-0.2, 0) is 11.2 Å². The first kappa shape index (κ1) is 13.4. The average molecular weight is 285 g/mol. The zero-order chi connectivity index (χ0) is 14.8. The molecule has 0 radical (unpaired) electrons. The maximum Gasteiger partial charge on any atom is 0.345 e. The highest BCUT2D eigenvalue weighted by Gasteiger charge is 2.24. The van der Waals surface area contributed by atoms with Gasteiger partial charge in [-0.2, -0.15) is 4.98 Å². The summed E-state index contributed by atoms with van der Waals surface area (Å²) in [5.41, 5.74) is 2.23. The first-order valence-electron chi connectivity index (χ1n) is 6.79. The maximum absolute atomic E-state index is 11.6. The Kier molecular flexibility index (Phi) is 3.43. The molecule has 0 saturated heterocycles. The van der Waals surface area contributed by atoms with Gasteiger partial charge in [0.15, 0.2) is 0 Å². The van der Waals surface area contributed by atoms with Crippen molar-refractivity contribution in [2.45, 2.75) is 13.3 Å². The normalized spacial score (nSPS) is 13.1. The predicted molar refractivity (Wildman–Crippen MR) is 76.8 cm³/mol. The van der Waals surface area contributed by atoms with Crippen molar-refractivity contribution in [1.82, 2.24) is 9.97 Å². The minimum absolute atomic E-state index is 0.0203. The second-order valence-corrected chi connectivity index (χ2v) is 4.66. The van der Waals surface area contributed by atoms with Crippen molar-refractivity contribution in [3.63, 3.8) is 0 Å². The fourth-order valence-corrected chi connectivity index (χ4v) is 2.39. The average Bonchev–Trinajstić information content (AvgIpc) is 2.91. The lowest BCUT2D eigenvalue weighted by atomic mass is 10.2. The minimum atomic E-state index is -0.622. The molecule has 6 heteroatoms. The zero-order valence-electron chi connectivity index (χ0n) is 11.6. The second kappa shape index (κ2) is 5.40. The van der Waals surface area contributed by atoms with Gasteiger partial charge < -0.3 is 14.7 Å². The van der Waals surface area contributed by atoms with E-state index in [-0.39, 0.29) is 18.1 Å². The van der Waals surface area contributed by atoms with Crippen LogP contribution in [0.3, 0.4) is 0 Å². The van der Waals surface area contributed by atoms with E-state index in [1.807, 2.05) is 23.1 Å². The number of ether oxygens (including phenoxy) is 1. The van der Waals surface area contributed by atoms with Crippen molar-refractivity contribution in [1.29, 1.82) is 0 Å². The highest BCUT2D eigenvalue weighted by Crippen LogP contribution is 2.33. The molecule has 3 rings (SSSR count). The first-order valence-corrected chi connectivity index (χ1v) is 6.79. The summed E-state index contributed by atoms with van der Waals surface area (Å²) in [6, 6.07) is 7.98. The van der Waals surface area contributed by atoms with E-state index in [9.17, 15) is 9.90 Å². The van der Waals surface area contributed by atoms with Gasteiger partial charge in [-0.15, -0.1) is 0 Å².